The maximum Gasteiger partial charge on any atom is 0.115 e. The van der Waals surface area contributed by atoms with Crippen molar-refractivity contribution >= 4 is 0 Å². The summed E-state index contributed by atoms with van der Waals surface area (Å²) in [6, 6.07) is 7.99. The van der Waals surface area contributed by atoms with Gasteiger partial charge in [-0.3, -0.25) is 5.10 Å². The highest BCUT2D eigenvalue weighted by molar-refractivity contribution is 5.38. The second kappa shape index (κ2) is 4.82. The minimum Gasteiger partial charge on any atom is -0.508 e. The molecule has 1 aliphatic rings. The van der Waals surface area contributed by atoms with Crippen LogP contribution in [0.15, 0.2) is 30.5 Å². The molecule has 3 N–H and O–H groups in total. The van der Waals surface area contributed by atoms with Crippen LogP contribution < -0.4 is 5.32 Å². The average Bonchev–Trinajstić information content (AvgIpc) is 2.89. The maximum atomic E-state index is 9.61. The van der Waals surface area contributed by atoms with E-state index in [9.17, 15) is 5.11 Å². The summed E-state index contributed by atoms with van der Waals surface area (Å²) in [5, 5.41) is 20.0. The van der Waals surface area contributed by atoms with E-state index in [1.807, 2.05) is 18.2 Å². The van der Waals surface area contributed by atoms with Crippen molar-refractivity contribution in [3.05, 3.63) is 47.3 Å². The summed E-state index contributed by atoms with van der Waals surface area (Å²) in [6.45, 7) is 0.778. The number of hydrogen-bond donors (Lipinski definition) is 3. The molecule has 94 valence electrons. The fourth-order valence-electron chi connectivity index (χ4n) is 2.61. The van der Waals surface area contributed by atoms with Gasteiger partial charge < -0.3 is 10.4 Å². The van der Waals surface area contributed by atoms with Gasteiger partial charge in [0.05, 0.1) is 0 Å². The average molecular weight is 243 g/mol. The number of nitrogens with zero attached hydrogens (tertiary/aromatic N) is 1. The van der Waals surface area contributed by atoms with Crippen LogP contribution in [0, 0.1) is 0 Å². The van der Waals surface area contributed by atoms with E-state index in [-0.39, 0.29) is 0 Å². The zero-order valence-corrected chi connectivity index (χ0v) is 10.2. The number of phenolic OH excluding ortho intramolecular Hbond substituents is 1. The number of H-pyrrole nitrogens is 1. The summed E-state index contributed by atoms with van der Waals surface area (Å²) in [6.07, 6.45) is 5.18. The highest BCUT2D eigenvalue weighted by Gasteiger charge is 2.20. The van der Waals surface area contributed by atoms with Crippen LogP contribution in [-0.2, 0) is 13.0 Å². The van der Waals surface area contributed by atoms with E-state index < -0.39 is 0 Å². The molecule has 0 fully saturated rings. The smallest absolute Gasteiger partial charge is 0.115 e. The molecule has 0 saturated heterocycles. The Bertz CT molecular complexity index is 522. The predicted molar refractivity (Wildman–Crippen MR) is 69.2 cm³/mol. The molecule has 0 aliphatic heterocycles. The molecule has 1 unspecified atom stereocenters. The molecule has 1 aromatic carbocycles. The fourth-order valence-corrected chi connectivity index (χ4v) is 2.61. The zero-order valence-electron chi connectivity index (χ0n) is 10.2. The third kappa shape index (κ3) is 2.24. The molecule has 0 amide bonds. The fraction of sp³-hybridized carbons (Fsp3) is 0.357. The maximum absolute atomic E-state index is 9.61. The molecule has 4 heteroatoms. The minimum absolute atomic E-state index is 0.323. The van der Waals surface area contributed by atoms with Crippen molar-refractivity contribution in [2.75, 3.05) is 0 Å². The molecule has 4 nitrogen and oxygen atoms in total. The molecule has 0 radical (unpaired) electrons. The molecule has 0 spiro atoms. The van der Waals surface area contributed by atoms with Crippen molar-refractivity contribution < 1.29 is 5.11 Å². The van der Waals surface area contributed by atoms with E-state index >= 15 is 0 Å². The first-order chi connectivity index (χ1) is 8.83. The Morgan fingerprint density at radius 3 is 3.17 bits per heavy atom. The summed E-state index contributed by atoms with van der Waals surface area (Å²) in [4.78, 5) is 0. The van der Waals surface area contributed by atoms with Crippen LogP contribution in [0.4, 0.5) is 0 Å². The Balaban J connectivity index is 1.76. The van der Waals surface area contributed by atoms with Gasteiger partial charge in [0.2, 0.25) is 0 Å². The lowest BCUT2D eigenvalue weighted by atomic mass is 9.87. The number of benzene rings is 1. The van der Waals surface area contributed by atoms with Gasteiger partial charge in [-0.2, -0.15) is 5.10 Å². The number of nitrogens with one attached hydrogen (secondary N) is 2. The van der Waals surface area contributed by atoms with Crippen molar-refractivity contribution in [1.29, 1.82) is 0 Å². The zero-order chi connectivity index (χ0) is 12.4. The number of phenols is 1. The van der Waals surface area contributed by atoms with E-state index in [0.717, 1.165) is 25.1 Å². The number of aromatic hydroxyl groups is 1. The quantitative estimate of drug-likeness (QED) is 0.775. The lowest BCUT2D eigenvalue weighted by Gasteiger charge is -2.26. The van der Waals surface area contributed by atoms with Gasteiger partial charge in [-0.05, 0) is 48.6 Å². The number of hydrogen-bond acceptors (Lipinski definition) is 3. The SMILES string of the molecule is Oc1ccc2c(c1)C(NCc1ccn[nH]1)CCC2. The summed E-state index contributed by atoms with van der Waals surface area (Å²) in [5.74, 6) is 0.351. The molecule has 18 heavy (non-hydrogen) atoms. The summed E-state index contributed by atoms with van der Waals surface area (Å²) >= 11 is 0. The molecular formula is C14H17N3O. The first-order valence-corrected chi connectivity index (χ1v) is 6.36. The molecule has 2 aromatic rings. The summed E-state index contributed by atoms with van der Waals surface area (Å²) in [7, 11) is 0. The molecular weight excluding hydrogens is 226 g/mol. The van der Waals surface area contributed by atoms with Crippen LogP contribution in [0.1, 0.15) is 35.7 Å². The van der Waals surface area contributed by atoms with E-state index in [2.05, 4.69) is 15.5 Å². The van der Waals surface area contributed by atoms with Crippen LogP contribution in [0.25, 0.3) is 0 Å². The standard InChI is InChI=1S/C14H17N3O/c18-12-5-4-10-2-1-3-14(13(10)8-12)15-9-11-6-7-16-17-11/h4-8,14-15,18H,1-3,9H2,(H,16,17). The Morgan fingerprint density at radius 1 is 1.39 bits per heavy atom. The Hall–Kier alpha value is -1.81. The topological polar surface area (TPSA) is 60.9 Å². The number of aromatic nitrogens is 2. The number of rotatable bonds is 3. The number of fused-ring (bicyclic) bond motifs is 1. The van der Waals surface area contributed by atoms with E-state index in [4.69, 9.17) is 0 Å². The van der Waals surface area contributed by atoms with Gasteiger partial charge in [-0.25, -0.2) is 0 Å². The largest absolute Gasteiger partial charge is 0.508 e. The minimum atomic E-state index is 0.323. The lowest BCUT2D eigenvalue weighted by molar-refractivity contribution is 0.444. The first kappa shape index (κ1) is 11.3. The van der Waals surface area contributed by atoms with Crippen molar-refractivity contribution in [3.8, 4) is 5.75 Å². The van der Waals surface area contributed by atoms with Crippen LogP contribution in [0.2, 0.25) is 0 Å². The first-order valence-electron chi connectivity index (χ1n) is 6.36. The van der Waals surface area contributed by atoms with Crippen LogP contribution in [0.3, 0.4) is 0 Å². The molecule has 3 rings (SSSR count). The third-order valence-corrected chi connectivity index (χ3v) is 3.54. The van der Waals surface area contributed by atoms with E-state index in [1.54, 1.807) is 12.3 Å². The summed E-state index contributed by atoms with van der Waals surface area (Å²) < 4.78 is 0. The van der Waals surface area contributed by atoms with E-state index in [0.29, 0.717) is 11.8 Å². The van der Waals surface area contributed by atoms with Crippen molar-refractivity contribution in [2.45, 2.75) is 31.8 Å². The van der Waals surface area contributed by atoms with Crippen molar-refractivity contribution in [3.63, 3.8) is 0 Å². The van der Waals surface area contributed by atoms with Crippen LogP contribution >= 0.6 is 0 Å². The second-order valence-corrected chi connectivity index (χ2v) is 4.79. The predicted octanol–water partition coefficient (Wildman–Crippen LogP) is 2.28. The Kier molecular flexibility index (Phi) is 3.02. The third-order valence-electron chi connectivity index (χ3n) is 3.54. The monoisotopic (exact) mass is 243 g/mol. The van der Waals surface area contributed by atoms with Gasteiger partial charge in [0.25, 0.3) is 0 Å². The van der Waals surface area contributed by atoms with Gasteiger partial charge in [-0.15, -0.1) is 0 Å². The molecule has 1 atom stereocenters. The second-order valence-electron chi connectivity index (χ2n) is 4.79. The molecule has 1 heterocycles. The highest BCUT2D eigenvalue weighted by atomic mass is 16.3. The molecule has 1 aliphatic carbocycles. The van der Waals surface area contributed by atoms with Gasteiger partial charge in [0.1, 0.15) is 5.75 Å². The molecule has 0 saturated carbocycles. The lowest BCUT2D eigenvalue weighted by Crippen LogP contribution is -2.25. The molecule has 1 aromatic heterocycles. The van der Waals surface area contributed by atoms with Crippen molar-refractivity contribution in [1.82, 2.24) is 15.5 Å². The summed E-state index contributed by atoms with van der Waals surface area (Å²) in [5.41, 5.74) is 3.67. The van der Waals surface area contributed by atoms with Gasteiger partial charge >= 0.3 is 0 Å². The number of aromatic amines is 1. The van der Waals surface area contributed by atoms with Crippen LogP contribution in [0.5, 0.6) is 5.75 Å². The molecule has 0 bridgehead atoms. The number of aryl methyl sites for hydroxylation is 1. The van der Waals surface area contributed by atoms with Crippen molar-refractivity contribution in [2.24, 2.45) is 0 Å². The van der Waals surface area contributed by atoms with Gasteiger partial charge in [0, 0.05) is 24.5 Å². The van der Waals surface area contributed by atoms with Crippen LogP contribution in [-0.4, -0.2) is 15.3 Å². The Morgan fingerprint density at radius 2 is 2.33 bits per heavy atom. The highest BCUT2D eigenvalue weighted by Crippen LogP contribution is 2.32. The van der Waals surface area contributed by atoms with E-state index in [1.165, 1.54) is 17.5 Å². The van der Waals surface area contributed by atoms with Gasteiger partial charge in [0.15, 0.2) is 0 Å². The van der Waals surface area contributed by atoms with Gasteiger partial charge in [-0.1, -0.05) is 6.07 Å². The normalized spacial score (nSPS) is 18.6. The Labute approximate surface area is 106 Å².